The average molecular weight is 355 g/mol. The zero-order chi connectivity index (χ0) is 13.8. The second-order valence-corrected chi connectivity index (χ2v) is 8.36. The van der Waals surface area contributed by atoms with Gasteiger partial charge in [-0.2, -0.15) is 0 Å². The van der Waals surface area contributed by atoms with Gasteiger partial charge in [-0.05, 0) is 28.1 Å². The van der Waals surface area contributed by atoms with Crippen molar-refractivity contribution in [3.05, 3.63) is 15.9 Å². The minimum Gasteiger partial charge on any atom is -0.355 e. The van der Waals surface area contributed by atoms with Crippen LogP contribution >= 0.6 is 27.3 Å². The first-order valence-electron chi connectivity index (χ1n) is 5.35. The topological polar surface area (TPSA) is 75.3 Å². The van der Waals surface area contributed by atoms with Crippen LogP contribution in [0.15, 0.2) is 20.1 Å². The third kappa shape index (κ3) is 4.68. The summed E-state index contributed by atoms with van der Waals surface area (Å²) in [6, 6.07) is 3.21. The molecule has 0 fully saturated rings. The molecule has 0 aliphatic carbocycles. The van der Waals surface area contributed by atoms with Gasteiger partial charge in [0.1, 0.15) is 4.21 Å². The largest absolute Gasteiger partial charge is 0.355 e. The molecule has 2 N–H and O–H groups in total. The Morgan fingerprint density at radius 3 is 2.56 bits per heavy atom. The van der Waals surface area contributed by atoms with Crippen LogP contribution in [0.5, 0.6) is 0 Å². The van der Waals surface area contributed by atoms with Crippen molar-refractivity contribution in [3.8, 4) is 0 Å². The molecule has 1 rings (SSSR count). The third-order valence-corrected chi connectivity index (χ3v) is 5.63. The smallest absolute Gasteiger partial charge is 0.250 e. The van der Waals surface area contributed by atoms with E-state index < -0.39 is 10.0 Å². The molecule has 0 aliphatic heterocycles. The standard InChI is InChI=1S/C10H15BrN2O3S2/c1-7(2)10(14)12-5-6-13-18(15,16)9-4-3-8(11)17-9/h3-4,7,13H,5-6H2,1-2H3,(H,12,14). The van der Waals surface area contributed by atoms with E-state index in [1.54, 1.807) is 19.9 Å². The molecule has 0 saturated carbocycles. The maximum absolute atomic E-state index is 11.8. The molecule has 102 valence electrons. The zero-order valence-electron chi connectivity index (χ0n) is 10.1. The van der Waals surface area contributed by atoms with Crippen LogP contribution in [0.3, 0.4) is 0 Å². The first kappa shape index (κ1) is 15.6. The number of carbonyl (C=O) groups excluding carboxylic acids is 1. The van der Waals surface area contributed by atoms with Gasteiger partial charge in [0, 0.05) is 19.0 Å². The summed E-state index contributed by atoms with van der Waals surface area (Å²) in [5, 5.41) is 2.64. The van der Waals surface area contributed by atoms with Crippen molar-refractivity contribution in [2.24, 2.45) is 5.92 Å². The van der Waals surface area contributed by atoms with Crippen molar-refractivity contribution in [2.45, 2.75) is 18.1 Å². The van der Waals surface area contributed by atoms with Crippen LogP contribution < -0.4 is 10.0 Å². The minimum absolute atomic E-state index is 0.0898. The predicted molar refractivity (Wildman–Crippen MR) is 75.1 cm³/mol. The number of thiophene rings is 1. The molecule has 1 amide bonds. The fraction of sp³-hybridized carbons (Fsp3) is 0.500. The number of hydrogen-bond acceptors (Lipinski definition) is 4. The number of halogens is 1. The second kappa shape index (κ2) is 6.65. The van der Waals surface area contributed by atoms with Crippen LogP contribution in [0, 0.1) is 5.92 Å². The maximum Gasteiger partial charge on any atom is 0.250 e. The molecule has 0 unspecified atom stereocenters. The van der Waals surface area contributed by atoms with Crippen LogP contribution in [0.4, 0.5) is 0 Å². The van der Waals surface area contributed by atoms with Crippen LogP contribution in [0.2, 0.25) is 0 Å². The molecule has 5 nitrogen and oxygen atoms in total. The summed E-state index contributed by atoms with van der Waals surface area (Å²) in [6.45, 7) is 4.02. The molecule has 1 heterocycles. The lowest BCUT2D eigenvalue weighted by molar-refractivity contribution is -0.123. The summed E-state index contributed by atoms with van der Waals surface area (Å²) in [6.07, 6.45) is 0. The maximum atomic E-state index is 11.8. The molecule has 0 spiro atoms. The fourth-order valence-electron chi connectivity index (χ4n) is 1.09. The number of amides is 1. The highest BCUT2D eigenvalue weighted by Gasteiger charge is 2.15. The molecular weight excluding hydrogens is 340 g/mol. The SMILES string of the molecule is CC(C)C(=O)NCCNS(=O)(=O)c1ccc(Br)s1. The third-order valence-electron chi connectivity index (χ3n) is 2.05. The molecule has 0 atom stereocenters. The van der Waals surface area contributed by atoms with Gasteiger partial charge in [-0.1, -0.05) is 13.8 Å². The summed E-state index contributed by atoms with van der Waals surface area (Å²) < 4.78 is 27.0. The first-order chi connectivity index (χ1) is 8.33. The molecule has 0 aromatic carbocycles. The van der Waals surface area contributed by atoms with E-state index in [-0.39, 0.29) is 29.1 Å². The van der Waals surface area contributed by atoms with Gasteiger partial charge >= 0.3 is 0 Å². The second-order valence-electron chi connectivity index (χ2n) is 3.90. The van der Waals surface area contributed by atoms with E-state index in [2.05, 4.69) is 26.0 Å². The zero-order valence-corrected chi connectivity index (χ0v) is 13.3. The Labute approximate surface area is 119 Å². The van der Waals surface area contributed by atoms with E-state index in [1.807, 2.05) is 0 Å². The van der Waals surface area contributed by atoms with Crippen molar-refractivity contribution in [1.29, 1.82) is 0 Å². The average Bonchev–Trinajstić information content (AvgIpc) is 2.71. The van der Waals surface area contributed by atoms with Crippen molar-refractivity contribution >= 4 is 43.2 Å². The molecule has 0 bridgehead atoms. The molecule has 0 aliphatic rings. The monoisotopic (exact) mass is 354 g/mol. The normalized spacial score (nSPS) is 11.8. The lowest BCUT2D eigenvalue weighted by atomic mass is 10.2. The fourth-order valence-corrected chi connectivity index (χ4v) is 4.17. The van der Waals surface area contributed by atoms with Gasteiger partial charge in [-0.3, -0.25) is 4.79 Å². The summed E-state index contributed by atoms with van der Waals surface area (Å²) in [5.41, 5.74) is 0. The van der Waals surface area contributed by atoms with Crippen molar-refractivity contribution in [3.63, 3.8) is 0 Å². The van der Waals surface area contributed by atoms with E-state index in [1.165, 1.54) is 6.07 Å². The van der Waals surface area contributed by atoms with Crippen molar-refractivity contribution < 1.29 is 13.2 Å². The highest BCUT2D eigenvalue weighted by molar-refractivity contribution is 9.11. The molecule has 1 aromatic rings. The Hall–Kier alpha value is -0.440. The Morgan fingerprint density at radius 2 is 2.06 bits per heavy atom. The minimum atomic E-state index is -3.47. The first-order valence-corrected chi connectivity index (χ1v) is 8.45. The van der Waals surface area contributed by atoms with Crippen LogP contribution in [-0.4, -0.2) is 27.4 Å². The molecular formula is C10H15BrN2O3S2. The molecule has 0 saturated heterocycles. The summed E-state index contributed by atoms with van der Waals surface area (Å²) in [5.74, 6) is -0.192. The molecule has 1 aromatic heterocycles. The van der Waals surface area contributed by atoms with E-state index in [4.69, 9.17) is 0 Å². The summed E-state index contributed by atoms with van der Waals surface area (Å²) in [7, 11) is -3.47. The lowest BCUT2D eigenvalue weighted by Gasteiger charge is -2.08. The van der Waals surface area contributed by atoms with Crippen LogP contribution in [0.1, 0.15) is 13.8 Å². The molecule has 18 heavy (non-hydrogen) atoms. The van der Waals surface area contributed by atoms with E-state index in [9.17, 15) is 13.2 Å². The quantitative estimate of drug-likeness (QED) is 0.761. The van der Waals surface area contributed by atoms with Crippen molar-refractivity contribution in [1.82, 2.24) is 10.0 Å². The van der Waals surface area contributed by atoms with Crippen molar-refractivity contribution in [2.75, 3.05) is 13.1 Å². The Morgan fingerprint density at radius 1 is 1.39 bits per heavy atom. The molecule has 0 radical (unpaired) electrons. The van der Waals surface area contributed by atoms with Crippen LogP contribution in [0.25, 0.3) is 0 Å². The van der Waals surface area contributed by atoms with Gasteiger partial charge in [0.15, 0.2) is 0 Å². The number of rotatable bonds is 6. The van der Waals surface area contributed by atoms with Gasteiger partial charge in [0.2, 0.25) is 15.9 Å². The lowest BCUT2D eigenvalue weighted by Crippen LogP contribution is -2.36. The van der Waals surface area contributed by atoms with E-state index in [0.29, 0.717) is 0 Å². The highest BCUT2D eigenvalue weighted by atomic mass is 79.9. The summed E-state index contributed by atoms with van der Waals surface area (Å²) >= 11 is 4.35. The van der Waals surface area contributed by atoms with Gasteiger partial charge in [-0.15, -0.1) is 11.3 Å². The van der Waals surface area contributed by atoms with E-state index >= 15 is 0 Å². The Balaban J connectivity index is 2.42. The van der Waals surface area contributed by atoms with E-state index in [0.717, 1.165) is 15.1 Å². The summed E-state index contributed by atoms with van der Waals surface area (Å²) in [4.78, 5) is 11.2. The Bertz CT molecular complexity index is 511. The van der Waals surface area contributed by atoms with Gasteiger partial charge in [0.05, 0.1) is 3.79 Å². The van der Waals surface area contributed by atoms with Gasteiger partial charge in [0.25, 0.3) is 0 Å². The predicted octanol–water partition coefficient (Wildman–Crippen LogP) is 1.56. The number of nitrogens with one attached hydrogen (secondary N) is 2. The Kier molecular flexibility index (Phi) is 5.77. The molecule has 8 heteroatoms. The van der Waals surface area contributed by atoms with Gasteiger partial charge < -0.3 is 5.32 Å². The number of sulfonamides is 1. The van der Waals surface area contributed by atoms with Crippen LogP contribution in [-0.2, 0) is 14.8 Å². The number of carbonyl (C=O) groups is 1. The van der Waals surface area contributed by atoms with Gasteiger partial charge in [-0.25, -0.2) is 13.1 Å². The number of hydrogen-bond donors (Lipinski definition) is 2. The highest BCUT2D eigenvalue weighted by Crippen LogP contribution is 2.25.